The van der Waals surface area contributed by atoms with Crippen molar-refractivity contribution in [1.29, 1.82) is 0 Å². The summed E-state index contributed by atoms with van der Waals surface area (Å²) in [5.41, 5.74) is 5.87. The van der Waals surface area contributed by atoms with E-state index in [0.29, 0.717) is 12.1 Å². The predicted octanol–water partition coefficient (Wildman–Crippen LogP) is 2.00. The van der Waals surface area contributed by atoms with Gasteiger partial charge in [-0.15, -0.1) is 0 Å². The summed E-state index contributed by atoms with van der Waals surface area (Å²) in [6.45, 7) is 11.5. The van der Waals surface area contributed by atoms with Gasteiger partial charge in [-0.2, -0.15) is 0 Å². The van der Waals surface area contributed by atoms with Crippen molar-refractivity contribution in [3.8, 4) is 0 Å². The summed E-state index contributed by atoms with van der Waals surface area (Å²) < 4.78 is 5.92. The van der Waals surface area contributed by atoms with Gasteiger partial charge in [0.1, 0.15) is 0 Å². The highest BCUT2D eigenvalue weighted by atomic mass is 16.5. The molecule has 96 valence electrons. The van der Waals surface area contributed by atoms with Crippen molar-refractivity contribution in [2.45, 2.75) is 64.7 Å². The van der Waals surface area contributed by atoms with Gasteiger partial charge in [0.25, 0.3) is 0 Å². The van der Waals surface area contributed by atoms with Crippen molar-refractivity contribution in [1.82, 2.24) is 4.90 Å². The second-order valence-corrected chi connectivity index (χ2v) is 5.65. The van der Waals surface area contributed by atoms with E-state index in [1.807, 2.05) is 0 Å². The Hall–Kier alpha value is -0.120. The first kappa shape index (κ1) is 13.9. The number of hydrogen-bond acceptors (Lipinski definition) is 3. The van der Waals surface area contributed by atoms with Crippen LogP contribution in [0.25, 0.3) is 0 Å². The molecule has 0 aromatic carbocycles. The number of morpholine rings is 1. The van der Waals surface area contributed by atoms with Crippen LogP contribution in [0, 0.1) is 0 Å². The molecule has 2 N–H and O–H groups in total. The van der Waals surface area contributed by atoms with Crippen LogP contribution in [-0.2, 0) is 4.74 Å². The van der Waals surface area contributed by atoms with Crippen LogP contribution in [0.3, 0.4) is 0 Å². The minimum absolute atomic E-state index is 0.0305. The summed E-state index contributed by atoms with van der Waals surface area (Å²) >= 11 is 0. The molecule has 1 aliphatic heterocycles. The second kappa shape index (κ2) is 5.99. The highest BCUT2D eigenvalue weighted by molar-refractivity contribution is 4.86. The van der Waals surface area contributed by atoms with Crippen LogP contribution in [0.1, 0.15) is 47.0 Å². The zero-order valence-corrected chi connectivity index (χ0v) is 11.3. The normalized spacial score (nSPS) is 27.9. The Kier molecular flexibility index (Phi) is 5.22. The molecule has 0 aliphatic carbocycles. The van der Waals surface area contributed by atoms with Crippen LogP contribution in [0.5, 0.6) is 0 Å². The van der Waals surface area contributed by atoms with Crippen molar-refractivity contribution >= 4 is 0 Å². The van der Waals surface area contributed by atoms with E-state index in [0.717, 1.165) is 19.6 Å². The summed E-state index contributed by atoms with van der Waals surface area (Å²) in [5.74, 6) is 0. The molecule has 0 saturated carbocycles. The third-order valence-electron chi connectivity index (χ3n) is 3.28. The minimum atomic E-state index is -0.0305. The Balaban J connectivity index is 2.55. The van der Waals surface area contributed by atoms with Crippen LogP contribution >= 0.6 is 0 Å². The topological polar surface area (TPSA) is 38.5 Å². The van der Waals surface area contributed by atoms with E-state index in [-0.39, 0.29) is 5.60 Å². The van der Waals surface area contributed by atoms with Crippen LogP contribution in [0.15, 0.2) is 0 Å². The zero-order valence-electron chi connectivity index (χ0n) is 11.3. The van der Waals surface area contributed by atoms with Gasteiger partial charge in [0.05, 0.1) is 11.7 Å². The molecule has 0 radical (unpaired) electrons. The van der Waals surface area contributed by atoms with E-state index >= 15 is 0 Å². The molecular weight excluding hydrogens is 200 g/mol. The lowest BCUT2D eigenvalue weighted by Crippen LogP contribution is -2.56. The predicted molar refractivity (Wildman–Crippen MR) is 68.6 cm³/mol. The molecule has 1 heterocycles. The summed E-state index contributed by atoms with van der Waals surface area (Å²) in [5, 5.41) is 0. The molecule has 0 bridgehead atoms. The van der Waals surface area contributed by atoms with Crippen LogP contribution < -0.4 is 5.73 Å². The quantitative estimate of drug-likeness (QED) is 0.782. The third-order valence-corrected chi connectivity index (χ3v) is 3.28. The number of rotatable bonds is 5. The highest BCUT2D eigenvalue weighted by Crippen LogP contribution is 2.23. The lowest BCUT2D eigenvalue weighted by atomic mass is 10.0. The number of ether oxygens (including phenoxy) is 1. The molecule has 0 spiro atoms. The second-order valence-electron chi connectivity index (χ2n) is 5.65. The van der Waals surface area contributed by atoms with Crippen molar-refractivity contribution < 1.29 is 4.74 Å². The van der Waals surface area contributed by atoms with Gasteiger partial charge < -0.3 is 10.5 Å². The van der Waals surface area contributed by atoms with Crippen LogP contribution in [0.4, 0.5) is 0 Å². The fraction of sp³-hybridized carbons (Fsp3) is 1.00. The maximum absolute atomic E-state index is 5.92. The summed E-state index contributed by atoms with van der Waals surface area (Å²) in [6, 6.07) is 0.533. The summed E-state index contributed by atoms with van der Waals surface area (Å²) in [7, 11) is 0. The van der Waals surface area contributed by atoms with E-state index in [1.54, 1.807) is 0 Å². The molecule has 0 aromatic heterocycles. The Morgan fingerprint density at radius 2 is 2.19 bits per heavy atom. The van der Waals surface area contributed by atoms with Gasteiger partial charge in [-0.05, 0) is 27.2 Å². The van der Waals surface area contributed by atoms with Gasteiger partial charge in [0.2, 0.25) is 0 Å². The van der Waals surface area contributed by atoms with Crippen LogP contribution in [-0.4, -0.2) is 42.3 Å². The number of nitrogens with two attached hydrogens (primary N) is 1. The smallest absolute Gasteiger partial charge is 0.0757 e. The Morgan fingerprint density at radius 1 is 1.50 bits per heavy atom. The third kappa shape index (κ3) is 4.04. The van der Waals surface area contributed by atoms with Gasteiger partial charge in [-0.3, -0.25) is 4.90 Å². The Morgan fingerprint density at radius 3 is 2.69 bits per heavy atom. The Labute approximate surface area is 100 Å². The SMILES string of the molecule is CCCCC(CN)N1CC(C)OC(C)(C)C1. The van der Waals surface area contributed by atoms with Gasteiger partial charge in [-0.1, -0.05) is 19.8 Å². The van der Waals surface area contributed by atoms with E-state index < -0.39 is 0 Å². The molecule has 1 fully saturated rings. The highest BCUT2D eigenvalue weighted by Gasteiger charge is 2.33. The van der Waals surface area contributed by atoms with E-state index in [9.17, 15) is 0 Å². The largest absolute Gasteiger partial charge is 0.370 e. The standard InChI is InChI=1S/C13H28N2O/c1-5-6-7-12(8-14)15-9-11(2)16-13(3,4)10-15/h11-12H,5-10,14H2,1-4H3. The molecule has 0 aromatic rings. The Bertz CT molecular complexity index is 206. The van der Waals surface area contributed by atoms with Gasteiger partial charge in [0.15, 0.2) is 0 Å². The minimum Gasteiger partial charge on any atom is -0.370 e. The lowest BCUT2D eigenvalue weighted by Gasteiger charge is -2.45. The van der Waals surface area contributed by atoms with E-state index in [4.69, 9.17) is 10.5 Å². The zero-order chi connectivity index (χ0) is 12.2. The number of hydrogen-bond donors (Lipinski definition) is 1. The summed E-state index contributed by atoms with van der Waals surface area (Å²) in [4.78, 5) is 2.52. The fourth-order valence-corrected chi connectivity index (χ4v) is 2.67. The van der Waals surface area contributed by atoms with E-state index in [2.05, 4.69) is 32.6 Å². The molecular formula is C13H28N2O. The van der Waals surface area contributed by atoms with Crippen molar-refractivity contribution in [3.63, 3.8) is 0 Å². The number of unbranched alkanes of at least 4 members (excludes halogenated alkanes) is 1. The van der Waals surface area contributed by atoms with Gasteiger partial charge in [0, 0.05) is 25.7 Å². The van der Waals surface area contributed by atoms with Crippen molar-refractivity contribution in [2.24, 2.45) is 5.73 Å². The molecule has 3 heteroatoms. The molecule has 2 unspecified atom stereocenters. The first-order chi connectivity index (χ1) is 7.48. The average molecular weight is 228 g/mol. The summed E-state index contributed by atoms with van der Waals surface area (Å²) in [6.07, 6.45) is 4.06. The fourth-order valence-electron chi connectivity index (χ4n) is 2.67. The molecule has 0 amide bonds. The number of nitrogens with zero attached hydrogens (tertiary/aromatic N) is 1. The first-order valence-electron chi connectivity index (χ1n) is 6.60. The van der Waals surface area contributed by atoms with E-state index in [1.165, 1.54) is 19.3 Å². The molecule has 16 heavy (non-hydrogen) atoms. The van der Waals surface area contributed by atoms with Gasteiger partial charge in [-0.25, -0.2) is 0 Å². The molecule has 2 atom stereocenters. The molecule has 1 saturated heterocycles. The van der Waals surface area contributed by atoms with Crippen molar-refractivity contribution in [3.05, 3.63) is 0 Å². The van der Waals surface area contributed by atoms with Gasteiger partial charge >= 0.3 is 0 Å². The van der Waals surface area contributed by atoms with Crippen LogP contribution in [0.2, 0.25) is 0 Å². The molecule has 3 nitrogen and oxygen atoms in total. The maximum atomic E-state index is 5.92. The van der Waals surface area contributed by atoms with Crippen molar-refractivity contribution in [2.75, 3.05) is 19.6 Å². The first-order valence-corrected chi connectivity index (χ1v) is 6.60. The maximum Gasteiger partial charge on any atom is 0.0757 e. The monoisotopic (exact) mass is 228 g/mol. The molecule has 1 aliphatic rings. The molecule has 1 rings (SSSR count). The lowest BCUT2D eigenvalue weighted by molar-refractivity contribution is -0.137. The average Bonchev–Trinajstić information content (AvgIpc) is 2.15.